The van der Waals surface area contributed by atoms with Gasteiger partial charge in [-0.1, -0.05) is 12.1 Å². The summed E-state index contributed by atoms with van der Waals surface area (Å²) in [6.07, 6.45) is 1.42. The minimum absolute atomic E-state index is 0.0254. The Balaban J connectivity index is 2.01. The molecule has 1 aromatic carbocycles. The molecule has 122 valence electrons. The third-order valence-electron chi connectivity index (χ3n) is 3.20. The topological polar surface area (TPSA) is 105 Å². The van der Waals surface area contributed by atoms with E-state index in [9.17, 15) is 13.2 Å². The number of carbonyl (C=O) groups is 1. The van der Waals surface area contributed by atoms with Gasteiger partial charge in [-0.05, 0) is 29.8 Å². The Hall–Kier alpha value is -2.61. The summed E-state index contributed by atoms with van der Waals surface area (Å²) in [6.45, 7) is 0.522. The van der Waals surface area contributed by atoms with Crippen molar-refractivity contribution in [2.45, 2.75) is 6.54 Å². The second-order valence-electron chi connectivity index (χ2n) is 4.99. The first-order valence-electron chi connectivity index (χ1n) is 6.87. The third kappa shape index (κ3) is 4.96. The Morgan fingerprint density at radius 3 is 2.70 bits per heavy atom. The lowest BCUT2D eigenvalue weighted by Gasteiger charge is -2.17. The third-order valence-corrected chi connectivity index (χ3v) is 3.86. The van der Waals surface area contributed by atoms with E-state index in [-0.39, 0.29) is 5.88 Å². The van der Waals surface area contributed by atoms with Gasteiger partial charge in [0.15, 0.2) is 10.7 Å². The largest absolute Gasteiger partial charge is 0.366 e. The smallest absolute Gasteiger partial charge is 0.250 e. The van der Waals surface area contributed by atoms with Crippen LogP contribution in [-0.2, 0) is 17.2 Å². The summed E-state index contributed by atoms with van der Waals surface area (Å²) < 4.78 is 21.6. The van der Waals surface area contributed by atoms with E-state index in [2.05, 4.69) is 10.3 Å². The van der Waals surface area contributed by atoms with E-state index < -0.39 is 16.6 Å². The number of pyridine rings is 1. The minimum atomic E-state index is -2.46. The molecule has 8 heteroatoms. The summed E-state index contributed by atoms with van der Waals surface area (Å²) in [6, 6.07) is 10.8. The summed E-state index contributed by atoms with van der Waals surface area (Å²) in [5.41, 5.74) is 7.32. The van der Waals surface area contributed by atoms with Gasteiger partial charge in [-0.25, -0.2) is 13.4 Å². The van der Waals surface area contributed by atoms with E-state index in [0.717, 1.165) is 11.3 Å². The molecule has 3 N–H and O–H groups in total. The molecule has 1 amide bonds. The van der Waals surface area contributed by atoms with Crippen molar-refractivity contribution in [3.63, 3.8) is 0 Å². The Morgan fingerprint density at radius 1 is 1.30 bits per heavy atom. The molecule has 1 heterocycles. The van der Waals surface area contributed by atoms with E-state index in [1.807, 2.05) is 24.3 Å². The molecule has 23 heavy (non-hydrogen) atoms. The number of nitrogens with one attached hydrogen (secondary N) is 1. The highest BCUT2D eigenvalue weighted by Crippen LogP contribution is 2.16. The molecule has 2 rings (SSSR count). The van der Waals surface area contributed by atoms with Crippen molar-refractivity contribution in [3.8, 4) is 0 Å². The van der Waals surface area contributed by atoms with Crippen LogP contribution in [0.4, 0.5) is 11.5 Å². The van der Waals surface area contributed by atoms with Gasteiger partial charge in [-0.3, -0.25) is 4.79 Å². The van der Waals surface area contributed by atoms with Crippen molar-refractivity contribution in [2.75, 3.05) is 23.1 Å². The molecule has 0 spiro atoms. The number of nitrogens with zero attached hydrogens (tertiary/aromatic N) is 2. The van der Waals surface area contributed by atoms with Gasteiger partial charge in [0.25, 0.3) is 0 Å². The zero-order chi connectivity index (χ0) is 16.8. The lowest BCUT2D eigenvalue weighted by Crippen LogP contribution is -2.19. The van der Waals surface area contributed by atoms with Crippen molar-refractivity contribution < 1.29 is 13.2 Å². The number of anilines is 2. The van der Waals surface area contributed by atoms with Gasteiger partial charge in [0.1, 0.15) is 11.7 Å². The molecule has 0 aliphatic heterocycles. The van der Waals surface area contributed by atoms with Crippen LogP contribution >= 0.6 is 0 Å². The molecule has 0 radical (unpaired) electrons. The van der Waals surface area contributed by atoms with Gasteiger partial charge >= 0.3 is 0 Å². The van der Waals surface area contributed by atoms with Crippen LogP contribution in [0, 0.1) is 0 Å². The van der Waals surface area contributed by atoms with E-state index in [0.29, 0.717) is 17.9 Å². The van der Waals surface area contributed by atoms with Crippen molar-refractivity contribution in [3.05, 3.63) is 53.7 Å². The molecule has 0 bridgehead atoms. The molecule has 0 aliphatic rings. The first-order valence-corrected chi connectivity index (χ1v) is 8.23. The predicted molar refractivity (Wildman–Crippen MR) is 90.1 cm³/mol. The number of hydrogen-bond acceptors (Lipinski definition) is 6. The molecule has 0 saturated carbocycles. The monoisotopic (exact) mass is 334 g/mol. The summed E-state index contributed by atoms with van der Waals surface area (Å²) in [5.74, 6) is 0.0791. The van der Waals surface area contributed by atoms with Crippen molar-refractivity contribution in [1.29, 1.82) is 0 Å². The molecule has 0 fully saturated rings. The van der Waals surface area contributed by atoms with Gasteiger partial charge in [-0.2, -0.15) is 0 Å². The highest BCUT2D eigenvalue weighted by Gasteiger charge is 2.04. The van der Waals surface area contributed by atoms with Gasteiger partial charge < -0.3 is 16.0 Å². The molecular weight excluding hydrogens is 316 g/mol. The van der Waals surface area contributed by atoms with E-state index >= 15 is 0 Å². The molecule has 2 aromatic rings. The molecular formula is C15H18N4O3S. The Labute approximate surface area is 136 Å². The predicted octanol–water partition coefficient (Wildman–Crippen LogP) is 0.798. The van der Waals surface area contributed by atoms with E-state index in [1.54, 1.807) is 24.1 Å². The normalized spacial score (nSPS) is 10.5. The second-order valence-corrected chi connectivity index (χ2v) is 5.94. The fourth-order valence-corrected chi connectivity index (χ4v) is 2.51. The van der Waals surface area contributed by atoms with Crippen LogP contribution in [0.25, 0.3) is 0 Å². The van der Waals surface area contributed by atoms with Gasteiger partial charge in [0.2, 0.25) is 5.91 Å². The number of benzene rings is 1. The Kier molecular flexibility index (Phi) is 5.53. The average molecular weight is 334 g/mol. The minimum Gasteiger partial charge on any atom is -0.366 e. The molecule has 1 aromatic heterocycles. The Bertz CT molecular complexity index is 752. The van der Waals surface area contributed by atoms with Crippen LogP contribution in [-0.4, -0.2) is 32.2 Å². The maximum Gasteiger partial charge on any atom is 0.250 e. The quantitative estimate of drug-likeness (QED) is 0.647. The molecule has 7 nitrogen and oxygen atoms in total. The standard InChI is InChI=1S/C15H18N4O3S/c1-19(10-23(21)22)13-4-2-3-11(7-13)8-17-14-6-5-12(9-18-14)15(16)20/h2-7,9,23H,8,10H2,1H3,(H2,16,20)(H,17,18). The van der Waals surface area contributed by atoms with Crippen LogP contribution in [0.5, 0.6) is 0 Å². The van der Waals surface area contributed by atoms with Gasteiger partial charge in [0, 0.05) is 25.5 Å². The lowest BCUT2D eigenvalue weighted by atomic mass is 10.2. The Morgan fingerprint density at radius 2 is 2.09 bits per heavy atom. The van der Waals surface area contributed by atoms with Crippen LogP contribution in [0.3, 0.4) is 0 Å². The number of aromatic nitrogens is 1. The molecule has 0 aliphatic carbocycles. The highest BCUT2D eigenvalue weighted by atomic mass is 32.2. The number of carbonyl (C=O) groups excluding carboxylic acids is 1. The van der Waals surface area contributed by atoms with Crippen molar-refractivity contribution >= 4 is 28.1 Å². The first-order chi connectivity index (χ1) is 11.0. The van der Waals surface area contributed by atoms with Crippen molar-refractivity contribution in [1.82, 2.24) is 4.98 Å². The number of nitrogens with two attached hydrogens (primary N) is 1. The first kappa shape index (κ1) is 16.8. The molecule has 0 unspecified atom stereocenters. The SMILES string of the molecule is CN(C[SH](=O)=O)c1cccc(CNc2ccc(C(N)=O)cn2)c1. The number of thiol groups is 1. The van der Waals surface area contributed by atoms with Crippen molar-refractivity contribution in [2.24, 2.45) is 5.73 Å². The number of primary amides is 1. The van der Waals surface area contributed by atoms with E-state index in [4.69, 9.17) is 5.73 Å². The zero-order valence-electron chi connectivity index (χ0n) is 12.6. The van der Waals surface area contributed by atoms with E-state index in [1.165, 1.54) is 6.20 Å². The number of rotatable bonds is 7. The van der Waals surface area contributed by atoms with Crippen LogP contribution in [0.15, 0.2) is 42.6 Å². The van der Waals surface area contributed by atoms with Gasteiger partial charge in [-0.15, -0.1) is 0 Å². The highest BCUT2D eigenvalue weighted by molar-refractivity contribution is 7.72. The number of amides is 1. The fourth-order valence-electron chi connectivity index (χ4n) is 2.00. The zero-order valence-corrected chi connectivity index (χ0v) is 13.5. The summed E-state index contributed by atoms with van der Waals surface area (Å²) in [4.78, 5) is 16.8. The molecule has 0 atom stereocenters. The summed E-state index contributed by atoms with van der Waals surface area (Å²) >= 11 is 0. The average Bonchev–Trinajstić information content (AvgIpc) is 2.53. The fraction of sp³-hybridized carbons (Fsp3) is 0.200. The summed E-state index contributed by atoms with van der Waals surface area (Å²) in [5, 5.41) is 3.13. The maximum absolute atomic E-state index is 11.0. The van der Waals surface area contributed by atoms with Crippen LogP contribution < -0.4 is 16.0 Å². The molecule has 0 saturated heterocycles. The lowest BCUT2D eigenvalue weighted by molar-refractivity contribution is 0.1000. The maximum atomic E-state index is 11.0. The second kappa shape index (κ2) is 7.59. The summed E-state index contributed by atoms with van der Waals surface area (Å²) in [7, 11) is -0.739. The van der Waals surface area contributed by atoms with Gasteiger partial charge in [0.05, 0.1) is 5.56 Å². The van der Waals surface area contributed by atoms with Crippen LogP contribution in [0.2, 0.25) is 0 Å². The van der Waals surface area contributed by atoms with Crippen LogP contribution in [0.1, 0.15) is 15.9 Å². The number of hydrogen-bond donors (Lipinski definition) is 3.